The van der Waals surface area contributed by atoms with Crippen LogP contribution in [0.1, 0.15) is 34.1 Å². The van der Waals surface area contributed by atoms with Crippen molar-refractivity contribution in [1.29, 1.82) is 0 Å². The van der Waals surface area contributed by atoms with Crippen molar-refractivity contribution in [2.45, 2.75) is 32.7 Å². The number of aromatic nitrogens is 3. The Balaban J connectivity index is 1.42. The van der Waals surface area contributed by atoms with Gasteiger partial charge in [0.25, 0.3) is 11.5 Å². The minimum absolute atomic E-state index is 0.224. The van der Waals surface area contributed by atoms with Gasteiger partial charge in [0, 0.05) is 9.75 Å². The third-order valence-electron chi connectivity index (χ3n) is 5.79. The van der Waals surface area contributed by atoms with E-state index in [-0.39, 0.29) is 17.7 Å². The highest BCUT2D eigenvalue weighted by atomic mass is 32.1. The molecule has 0 aliphatic heterocycles. The Morgan fingerprint density at radius 2 is 2.03 bits per heavy atom. The van der Waals surface area contributed by atoms with E-state index in [1.54, 1.807) is 6.07 Å². The molecule has 4 aromatic rings. The van der Waals surface area contributed by atoms with Crippen molar-refractivity contribution in [2.75, 3.05) is 5.32 Å². The van der Waals surface area contributed by atoms with E-state index in [1.165, 1.54) is 27.6 Å². The molecule has 1 aliphatic rings. The number of hydrogen-bond acceptors (Lipinski definition) is 7. The summed E-state index contributed by atoms with van der Waals surface area (Å²) < 4.78 is 1.08. The number of benzene rings is 1. The Kier molecular flexibility index (Phi) is 5.55. The smallest absolute Gasteiger partial charge is 0.279 e. The van der Waals surface area contributed by atoms with Gasteiger partial charge in [-0.25, -0.2) is 4.68 Å². The van der Waals surface area contributed by atoms with Crippen LogP contribution >= 0.6 is 22.7 Å². The highest BCUT2D eigenvalue weighted by molar-refractivity contribution is 7.20. The first-order chi connectivity index (χ1) is 15.9. The van der Waals surface area contributed by atoms with Gasteiger partial charge in [0.2, 0.25) is 5.91 Å². The minimum atomic E-state index is -0.638. The molecule has 33 heavy (non-hydrogen) atoms. The van der Waals surface area contributed by atoms with E-state index in [1.807, 2.05) is 30.3 Å². The average Bonchev–Trinajstić information content (AvgIpc) is 3.37. The van der Waals surface area contributed by atoms with Gasteiger partial charge in [-0.05, 0) is 42.4 Å². The number of nitrogens with one attached hydrogen (secondary N) is 1. The Labute approximate surface area is 197 Å². The van der Waals surface area contributed by atoms with Gasteiger partial charge in [0.05, 0.1) is 10.9 Å². The van der Waals surface area contributed by atoms with E-state index in [0.29, 0.717) is 21.1 Å². The molecule has 168 valence electrons. The van der Waals surface area contributed by atoms with Gasteiger partial charge in [-0.3, -0.25) is 14.4 Å². The third-order valence-corrected chi connectivity index (χ3v) is 8.03. The number of thiophene rings is 2. The molecule has 10 heteroatoms. The molecule has 3 N–H and O–H groups in total. The lowest BCUT2D eigenvalue weighted by Crippen LogP contribution is -2.31. The van der Waals surface area contributed by atoms with Crippen LogP contribution in [-0.4, -0.2) is 26.8 Å². The van der Waals surface area contributed by atoms with Crippen LogP contribution in [0.2, 0.25) is 0 Å². The molecule has 0 bridgehead atoms. The first-order valence-electron chi connectivity index (χ1n) is 10.6. The summed E-state index contributed by atoms with van der Waals surface area (Å²) in [5, 5.41) is 11.8. The molecular weight excluding hydrogens is 458 g/mol. The molecule has 3 aromatic heterocycles. The molecule has 0 spiro atoms. The lowest BCUT2D eigenvalue weighted by atomic mass is 9.89. The summed E-state index contributed by atoms with van der Waals surface area (Å²) in [4.78, 5) is 40.4. The fourth-order valence-electron chi connectivity index (χ4n) is 4.11. The predicted molar refractivity (Wildman–Crippen MR) is 130 cm³/mol. The highest BCUT2D eigenvalue weighted by Crippen LogP contribution is 2.36. The fourth-order valence-corrected chi connectivity index (χ4v) is 6.51. The lowest BCUT2D eigenvalue weighted by molar-refractivity contribution is -0.117. The van der Waals surface area contributed by atoms with Crippen LogP contribution in [0.25, 0.3) is 20.7 Å². The molecule has 1 unspecified atom stereocenters. The second kappa shape index (κ2) is 8.53. The summed E-state index contributed by atoms with van der Waals surface area (Å²) >= 11 is 2.77. The molecule has 0 radical (unpaired) electrons. The Hall–Kier alpha value is -3.37. The minimum Gasteiger partial charge on any atom is -0.366 e. The monoisotopic (exact) mass is 479 g/mol. The number of carbonyl (C=O) groups is 2. The number of primary amides is 1. The van der Waals surface area contributed by atoms with Gasteiger partial charge < -0.3 is 11.1 Å². The molecule has 0 saturated heterocycles. The zero-order valence-electron chi connectivity index (χ0n) is 17.8. The number of anilines is 1. The summed E-state index contributed by atoms with van der Waals surface area (Å²) in [5.74, 6) is -0.536. The van der Waals surface area contributed by atoms with E-state index in [0.717, 1.165) is 39.9 Å². The maximum Gasteiger partial charge on any atom is 0.279 e. The number of nitrogens with zero attached hydrogens (tertiary/aromatic N) is 3. The van der Waals surface area contributed by atoms with Crippen molar-refractivity contribution >= 4 is 49.7 Å². The van der Waals surface area contributed by atoms with E-state index >= 15 is 0 Å². The number of amides is 2. The molecule has 5 rings (SSSR count). The standard InChI is InChI=1S/C23H21N5O3S2/c1-12-7-8-14-17(9-12)33-22-19(14)23(31)28(27-26-22)11-18(29)25-21-15(20(24)30)10-16(32-21)13-5-3-2-4-6-13/h2-6,10,12H,7-9,11H2,1H3,(H2,24,30)(H,25,29). The quantitative estimate of drug-likeness (QED) is 0.454. The van der Waals surface area contributed by atoms with Crippen LogP contribution in [0, 0.1) is 5.92 Å². The Morgan fingerprint density at radius 1 is 1.24 bits per heavy atom. The van der Waals surface area contributed by atoms with Crippen molar-refractivity contribution in [3.8, 4) is 10.4 Å². The van der Waals surface area contributed by atoms with E-state index in [2.05, 4.69) is 22.6 Å². The SMILES string of the molecule is CC1CCc2c(sc3nnn(CC(=O)Nc4sc(-c5ccccc5)cc4C(N)=O)c(=O)c23)C1. The maximum atomic E-state index is 13.1. The van der Waals surface area contributed by atoms with Crippen LogP contribution in [0.15, 0.2) is 41.2 Å². The number of nitrogens with two attached hydrogens (primary N) is 1. The molecule has 0 fully saturated rings. The van der Waals surface area contributed by atoms with Gasteiger partial charge in [-0.1, -0.05) is 42.5 Å². The van der Waals surface area contributed by atoms with Crippen molar-refractivity contribution in [2.24, 2.45) is 11.7 Å². The molecular formula is C23H21N5O3S2. The topological polar surface area (TPSA) is 120 Å². The highest BCUT2D eigenvalue weighted by Gasteiger charge is 2.24. The maximum absolute atomic E-state index is 13.1. The lowest BCUT2D eigenvalue weighted by Gasteiger charge is -2.17. The van der Waals surface area contributed by atoms with Gasteiger partial charge >= 0.3 is 0 Å². The Bertz CT molecular complexity index is 1440. The van der Waals surface area contributed by atoms with E-state index < -0.39 is 11.8 Å². The number of rotatable bonds is 5. The first-order valence-corrected chi connectivity index (χ1v) is 12.2. The van der Waals surface area contributed by atoms with Crippen molar-refractivity contribution < 1.29 is 9.59 Å². The molecule has 2 amide bonds. The summed E-state index contributed by atoms with van der Waals surface area (Å²) in [5.41, 5.74) is 7.39. The van der Waals surface area contributed by atoms with Gasteiger partial charge in [-0.15, -0.1) is 27.8 Å². The summed E-state index contributed by atoms with van der Waals surface area (Å²) in [7, 11) is 0. The molecule has 1 atom stereocenters. The van der Waals surface area contributed by atoms with E-state index in [9.17, 15) is 14.4 Å². The molecule has 1 aliphatic carbocycles. The van der Waals surface area contributed by atoms with Crippen molar-refractivity contribution in [1.82, 2.24) is 15.0 Å². The molecule has 3 heterocycles. The normalized spacial score (nSPS) is 15.4. The van der Waals surface area contributed by atoms with Crippen LogP contribution in [-0.2, 0) is 24.2 Å². The summed E-state index contributed by atoms with van der Waals surface area (Å²) in [6.45, 7) is 1.90. The number of hydrogen-bond donors (Lipinski definition) is 2. The zero-order valence-corrected chi connectivity index (χ0v) is 19.5. The second-order valence-electron chi connectivity index (χ2n) is 8.22. The number of aryl methyl sites for hydroxylation is 1. The van der Waals surface area contributed by atoms with Crippen LogP contribution in [0.4, 0.5) is 5.00 Å². The van der Waals surface area contributed by atoms with Gasteiger partial charge in [0.1, 0.15) is 11.5 Å². The summed E-state index contributed by atoms with van der Waals surface area (Å²) in [6, 6.07) is 11.2. The molecule has 8 nitrogen and oxygen atoms in total. The fraction of sp³-hybridized carbons (Fsp3) is 0.261. The third kappa shape index (κ3) is 4.07. The number of carbonyl (C=O) groups excluding carboxylic acids is 2. The van der Waals surface area contributed by atoms with E-state index in [4.69, 9.17) is 5.73 Å². The van der Waals surface area contributed by atoms with Gasteiger partial charge in [-0.2, -0.15) is 0 Å². The molecule has 1 aromatic carbocycles. The first kappa shape index (κ1) is 21.5. The number of fused-ring (bicyclic) bond motifs is 3. The Morgan fingerprint density at radius 3 is 2.79 bits per heavy atom. The zero-order chi connectivity index (χ0) is 23.1. The average molecular weight is 480 g/mol. The van der Waals surface area contributed by atoms with Crippen LogP contribution in [0.5, 0.6) is 0 Å². The summed E-state index contributed by atoms with van der Waals surface area (Å²) in [6.07, 6.45) is 2.80. The second-order valence-corrected chi connectivity index (χ2v) is 10.4. The van der Waals surface area contributed by atoms with Crippen molar-refractivity contribution in [3.63, 3.8) is 0 Å². The van der Waals surface area contributed by atoms with Crippen molar-refractivity contribution in [3.05, 3.63) is 62.8 Å². The van der Waals surface area contributed by atoms with Gasteiger partial charge in [0.15, 0.2) is 4.83 Å². The molecule has 0 saturated carbocycles. The van der Waals surface area contributed by atoms with Crippen LogP contribution < -0.4 is 16.6 Å². The van der Waals surface area contributed by atoms with Crippen LogP contribution in [0.3, 0.4) is 0 Å². The predicted octanol–water partition coefficient (Wildman–Crippen LogP) is 3.44. The largest absolute Gasteiger partial charge is 0.366 e.